The molecule has 9 heteroatoms. The van der Waals surface area contributed by atoms with Gasteiger partial charge in [-0.05, 0) is 28.8 Å². The van der Waals surface area contributed by atoms with Gasteiger partial charge in [-0.25, -0.2) is 4.79 Å². The molecule has 3 aromatic carbocycles. The number of anilines is 1. The molecule has 38 heavy (non-hydrogen) atoms. The summed E-state index contributed by atoms with van der Waals surface area (Å²) >= 11 is 0. The highest BCUT2D eigenvalue weighted by atomic mass is 16.6. The number of methoxy groups -OCH3 is 1. The molecule has 1 aromatic heterocycles. The largest absolute Gasteiger partial charge is 0.497 e. The quantitative estimate of drug-likeness (QED) is 0.273. The molecular weight excluding hydrogens is 486 g/mol. The number of nitrogen functional groups attached to an aromatic ring is 1. The number of aliphatic hydroxyl groups excluding tert-OH is 3. The number of aliphatic hydroxyl groups is 3. The number of ether oxygens (including phenoxy) is 2. The summed E-state index contributed by atoms with van der Waals surface area (Å²) in [5.41, 5.74) is 7.04. The first-order valence-corrected chi connectivity index (χ1v) is 12.2. The van der Waals surface area contributed by atoms with E-state index in [1.54, 1.807) is 13.2 Å². The molecule has 2 unspecified atom stereocenters. The fraction of sp³-hybridized carbons (Fsp3) is 0.241. The summed E-state index contributed by atoms with van der Waals surface area (Å²) < 4.78 is 12.5. The number of nitrogens with two attached hydrogens (primary N) is 1. The maximum Gasteiger partial charge on any atom is 0.351 e. The van der Waals surface area contributed by atoms with Gasteiger partial charge in [-0.2, -0.15) is 4.98 Å². The van der Waals surface area contributed by atoms with Gasteiger partial charge in [0.2, 0.25) is 0 Å². The van der Waals surface area contributed by atoms with Gasteiger partial charge in [0.25, 0.3) is 0 Å². The minimum Gasteiger partial charge on any atom is -0.497 e. The molecule has 1 fully saturated rings. The van der Waals surface area contributed by atoms with Crippen LogP contribution < -0.4 is 16.2 Å². The van der Waals surface area contributed by atoms with Crippen LogP contribution in [0.5, 0.6) is 5.75 Å². The molecule has 2 heterocycles. The predicted molar refractivity (Wildman–Crippen MR) is 141 cm³/mol. The van der Waals surface area contributed by atoms with Crippen molar-refractivity contribution in [1.82, 2.24) is 9.55 Å². The van der Waals surface area contributed by atoms with Gasteiger partial charge < -0.3 is 30.5 Å². The Morgan fingerprint density at radius 1 is 0.921 bits per heavy atom. The van der Waals surface area contributed by atoms with Crippen molar-refractivity contribution in [3.05, 3.63) is 124 Å². The lowest BCUT2D eigenvalue weighted by atomic mass is 9.67. The van der Waals surface area contributed by atoms with E-state index in [2.05, 4.69) is 4.98 Å². The van der Waals surface area contributed by atoms with Crippen LogP contribution in [0, 0.1) is 0 Å². The number of rotatable bonds is 7. The van der Waals surface area contributed by atoms with Crippen LogP contribution in [0.25, 0.3) is 0 Å². The van der Waals surface area contributed by atoms with Crippen molar-refractivity contribution in [1.29, 1.82) is 0 Å². The van der Waals surface area contributed by atoms with Gasteiger partial charge in [-0.1, -0.05) is 72.8 Å². The second kappa shape index (κ2) is 10.4. The maximum absolute atomic E-state index is 13.6. The normalized spacial score (nSPS) is 21.4. The van der Waals surface area contributed by atoms with E-state index in [1.807, 2.05) is 84.9 Å². The minimum absolute atomic E-state index is 0.0160. The number of nitrogens with zero attached hydrogens (tertiary/aromatic N) is 2. The fourth-order valence-corrected chi connectivity index (χ4v) is 5.30. The van der Waals surface area contributed by atoms with Gasteiger partial charge in [0.1, 0.15) is 29.9 Å². The Kier molecular flexibility index (Phi) is 7.00. The second-order valence-electron chi connectivity index (χ2n) is 9.16. The van der Waals surface area contributed by atoms with E-state index in [-0.39, 0.29) is 5.82 Å². The molecule has 4 atom stereocenters. The lowest BCUT2D eigenvalue weighted by Crippen LogP contribution is -2.43. The van der Waals surface area contributed by atoms with Crippen molar-refractivity contribution in [2.45, 2.75) is 30.0 Å². The number of hydrogen-bond donors (Lipinski definition) is 4. The van der Waals surface area contributed by atoms with Gasteiger partial charge >= 0.3 is 5.69 Å². The van der Waals surface area contributed by atoms with Gasteiger partial charge in [0, 0.05) is 11.8 Å². The monoisotopic (exact) mass is 515 g/mol. The average molecular weight is 516 g/mol. The summed E-state index contributed by atoms with van der Waals surface area (Å²) in [4.78, 5) is 17.5. The van der Waals surface area contributed by atoms with Crippen molar-refractivity contribution in [3.8, 4) is 5.75 Å². The van der Waals surface area contributed by atoms with Crippen LogP contribution in [-0.2, 0) is 10.2 Å². The first-order valence-electron chi connectivity index (χ1n) is 12.2. The minimum atomic E-state index is -1.51. The fourth-order valence-electron chi connectivity index (χ4n) is 5.30. The van der Waals surface area contributed by atoms with E-state index in [9.17, 15) is 20.1 Å². The van der Waals surface area contributed by atoms with E-state index in [1.165, 1.54) is 4.57 Å². The molecule has 0 bridgehead atoms. The standard InChI is InChI=1S/C29H29N3O6/c1-37-21-14-12-20(13-15-21)29(18-8-4-2-5-9-18,19-10-6-3-7-11-19)23-16-24(30)31-28(36)32(23)27-26(35)25(34)22(17-33)38-27/h2-16,22,25-27,33-35H,17H2,1H3,(H2,30,31,36)/t22-,25?,26?,27-/m1/s1. The highest BCUT2D eigenvalue weighted by Crippen LogP contribution is 2.46. The van der Waals surface area contributed by atoms with Crippen LogP contribution >= 0.6 is 0 Å². The Labute approximate surface area is 219 Å². The van der Waals surface area contributed by atoms with Crippen LogP contribution in [0.2, 0.25) is 0 Å². The van der Waals surface area contributed by atoms with Crippen molar-refractivity contribution in [3.63, 3.8) is 0 Å². The Balaban J connectivity index is 1.92. The van der Waals surface area contributed by atoms with Crippen molar-refractivity contribution >= 4 is 5.82 Å². The van der Waals surface area contributed by atoms with Crippen LogP contribution in [0.4, 0.5) is 5.82 Å². The molecule has 5 N–H and O–H groups in total. The Hall–Kier alpha value is -4.02. The lowest BCUT2D eigenvalue weighted by molar-refractivity contribution is -0.0567. The molecule has 1 aliphatic heterocycles. The molecule has 0 amide bonds. The molecule has 0 aliphatic carbocycles. The molecular formula is C29H29N3O6. The number of benzene rings is 3. The number of aromatic nitrogens is 2. The van der Waals surface area contributed by atoms with Crippen LogP contribution in [-0.4, -0.2) is 56.9 Å². The SMILES string of the molecule is COc1ccc(C(c2ccccc2)(c2ccccc2)c2cc(N)nc(=O)n2[C@@H]2O[C@H](CO)C(O)C2O)cc1. The third-order valence-corrected chi connectivity index (χ3v) is 7.07. The summed E-state index contributed by atoms with van der Waals surface area (Å²) in [6, 6.07) is 28.2. The van der Waals surface area contributed by atoms with Crippen LogP contribution in [0.3, 0.4) is 0 Å². The van der Waals surface area contributed by atoms with Crippen molar-refractivity contribution < 1.29 is 24.8 Å². The average Bonchev–Trinajstić information content (AvgIpc) is 3.23. The van der Waals surface area contributed by atoms with Crippen molar-refractivity contribution in [2.24, 2.45) is 0 Å². The van der Waals surface area contributed by atoms with Gasteiger partial charge in [-0.3, -0.25) is 4.57 Å². The first kappa shape index (κ1) is 25.6. The van der Waals surface area contributed by atoms with Gasteiger partial charge in [0.15, 0.2) is 6.23 Å². The Morgan fingerprint density at radius 3 is 1.97 bits per heavy atom. The van der Waals surface area contributed by atoms with E-state index >= 15 is 0 Å². The Bertz CT molecular complexity index is 1400. The van der Waals surface area contributed by atoms with E-state index in [0.717, 1.165) is 16.7 Å². The first-order chi connectivity index (χ1) is 18.4. The maximum atomic E-state index is 13.6. The highest BCUT2D eigenvalue weighted by molar-refractivity contribution is 5.60. The summed E-state index contributed by atoms with van der Waals surface area (Å²) in [5.74, 6) is 0.636. The Morgan fingerprint density at radius 2 is 1.47 bits per heavy atom. The van der Waals surface area contributed by atoms with E-state index in [0.29, 0.717) is 11.4 Å². The highest BCUT2D eigenvalue weighted by Gasteiger charge is 2.48. The third kappa shape index (κ3) is 4.15. The molecule has 4 aromatic rings. The molecule has 1 aliphatic rings. The molecule has 0 radical (unpaired) electrons. The lowest BCUT2D eigenvalue weighted by Gasteiger charge is -2.39. The van der Waals surface area contributed by atoms with Gasteiger partial charge in [-0.15, -0.1) is 0 Å². The molecule has 196 valence electrons. The van der Waals surface area contributed by atoms with Gasteiger partial charge in [0.05, 0.1) is 19.1 Å². The summed E-state index contributed by atoms with van der Waals surface area (Å²) in [6.07, 6.45) is -5.33. The zero-order valence-electron chi connectivity index (χ0n) is 20.7. The smallest absolute Gasteiger partial charge is 0.351 e. The topological polar surface area (TPSA) is 140 Å². The van der Waals surface area contributed by atoms with E-state index < -0.39 is 42.3 Å². The molecule has 0 saturated carbocycles. The molecule has 5 rings (SSSR count). The molecule has 0 spiro atoms. The summed E-state index contributed by atoms with van der Waals surface area (Å²) in [6.45, 7) is -0.539. The van der Waals surface area contributed by atoms with Crippen molar-refractivity contribution in [2.75, 3.05) is 19.5 Å². The summed E-state index contributed by atoms with van der Waals surface area (Å²) in [7, 11) is 1.58. The van der Waals surface area contributed by atoms with E-state index in [4.69, 9.17) is 15.2 Å². The third-order valence-electron chi connectivity index (χ3n) is 7.07. The zero-order valence-corrected chi connectivity index (χ0v) is 20.7. The summed E-state index contributed by atoms with van der Waals surface area (Å²) in [5, 5.41) is 31.2. The predicted octanol–water partition coefficient (Wildman–Crippen LogP) is 1.83. The molecule has 9 nitrogen and oxygen atoms in total. The number of hydrogen-bond acceptors (Lipinski definition) is 8. The van der Waals surface area contributed by atoms with Crippen LogP contribution in [0.15, 0.2) is 95.8 Å². The molecule has 1 saturated heterocycles. The zero-order chi connectivity index (χ0) is 26.9. The second-order valence-corrected chi connectivity index (χ2v) is 9.16. The van der Waals surface area contributed by atoms with Crippen LogP contribution in [0.1, 0.15) is 28.6 Å².